The highest BCUT2D eigenvalue weighted by Gasteiger charge is 2.76. The molecule has 3 N–H and O–H groups in total. The van der Waals surface area contributed by atoms with E-state index in [2.05, 4.69) is 66.0 Å². The van der Waals surface area contributed by atoms with Gasteiger partial charge in [0.1, 0.15) is 6.23 Å². The Morgan fingerprint density at radius 3 is 2.41 bits per heavy atom. The van der Waals surface area contributed by atoms with Gasteiger partial charge in [-0.2, -0.15) is 0 Å². The molecule has 7 rings (SSSR count). The van der Waals surface area contributed by atoms with Crippen molar-refractivity contribution >= 4 is 17.7 Å². The van der Waals surface area contributed by atoms with E-state index in [0.717, 1.165) is 38.6 Å². The van der Waals surface area contributed by atoms with Crippen molar-refractivity contribution in [2.24, 2.45) is 33.5 Å². The second-order valence-electron chi connectivity index (χ2n) is 14.8. The fourth-order valence-electron chi connectivity index (χ4n) is 10.3. The zero-order valence-corrected chi connectivity index (χ0v) is 26.2. The molecule has 1 amide bonds. The number of aliphatic hydroxyl groups excluding tert-OH is 1. The van der Waals surface area contributed by atoms with Crippen molar-refractivity contribution in [2.45, 2.75) is 122 Å². The first-order valence-electron chi connectivity index (χ1n) is 16.6. The molecule has 5 nitrogen and oxygen atoms in total. The molecule has 6 aliphatic rings. The van der Waals surface area contributed by atoms with Crippen LogP contribution in [0.1, 0.15) is 97.0 Å². The standard InChI is InChI=1S/C35H51N3O2S/c1-4-32(12-13-32)34(16-17-34)33(14-15-33)23-29(39)38-19-8-11-28(38)35(22-24(35)2)25(3)30(40)37-27(31-36-18-20-41-31)21-26-9-6-5-7-10-26/h5-7,9-10,18,20,24-25,27-29,31,36,39H,4,8,11-17,19,21-23H2,1-3H3,(H,37,40)/t24-,25-,27-,28-,29?,31?,35-/m0/s1. The topological polar surface area (TPSA) is 64.6 Å². The summed E-state index contributed by atoms with van der Waals surface area (Å²) in [5.41, 5.74) is 2.70. The molecule has 6 heteroatoms. The van der Waals surface area contributed by atoms with Crippen LogP contribution in [0.25, 0.3) is 0 Å². The Labute approximate surface area is 251 Å². The number of amides is 1. The maximum absolute atomic E-state index is 14.0. The maximum Gasteiger partial charge on any atom is 0.223 e. The molecule has 0 radical (unpaired) electrons. The Morgan fingerprint density at radius 1 is 1.15 bits per heavy atom. The molecule has 224 valence electrons. The molecule has 5 fully saturated rings. The van der Waals surface area contributed by atoms with E-state index in [-0.39, 0.29) is 34.9 Å². The molecule has 41 heavy (non-hydrogen) atoms. The number of thioether (sulfide) groups is 1. The predicted molar refractivity (Wildman–Crippen MR) is 167 cm³/mol. The van der Waals surface area contributed by atoms with Gasteiger partial charge in [-0.1, -0.05) is 51.1 Å². The van der Waals surface area contributed by atoms with Crippen LogP contribution in [0.2, 0.25) is 0 Å². The monoisotopic (exact) mass is 577 g/mol. The van der Waals surface area contributed by atoms with Crippen molar-refractivity contribution in [1.29, 1.82) is 0 Å². The number of rotatable bonds is 13. The van der Waals surface area contributed by atoms with Crippen LogP contribution in [-0.4, -0.2) is 46.1 Å². The lowest BCUT2D eigenvalue weighted by atomic mass is 9.69. The molecule has 0 spiro atoms. The summed E-state index contributed by atoms with van der Waals surface area (Å²) in [6, 6.07) is 10.8. The molecule has 1 aromatic carbocycles. The number of nitrogens with zero attached hydrogens (tertiary/aromatic N) is 1. The zero-order valence-electron chi connectivity index (χ0n) is 25.4. The van der Waals surface area contributed by atoms with Gasteiger partial charge in [0.05, 0.1) is 11.4 Å². The maximum atomic E-state index is 14.0. The van der Waals surface area contributed by atoms with Gasteiger partial charge in [-0.05, 0) is 110 Å². The van der Waals surface area contributed by atoms with Crippen molar-refractivity contribution in [3.8, 4) is 0 Å². The summed E-state index contributed by atoms with van der Waals surface area (Å²) >= 11 is 1.75. The van der Waals surface area contributed by atoms with E-state index in [9.17, 15) is 9.90 Å². The van der Waals surface area contributed by atoms with Crippen LogP contribution in [-0.2, 0) is 11.2 Å². The Balaban J connectivity index is 1.05. The fraction of sp³-hybridized carbons (Fsp3) is 0.743. The number of hydrogen-bond donors (Lipinski definition) is 3. The van der Waals surface area contributed by atoms with E-state index < -0.39 is 0 Å². The molecule has 2 heterocycles. The highest BCUT2D eigenvalue weighted by molar-refractivity contribution is 8.03. The summed E-state index contributed by atoms with van der Waals surface area (Å²) in [7, 11) is 0. The number of carbonyl (C=O) groups is 1. The average Bonchev–Trinajstić information content (AvgIpc) is 3.90. The van der Waals surface area contributed by atoms with Gasteiger partial charge in [-0.25, -0.2) is 0 Å². The zero-order chi connectivity index (χ0) is 28.5. The number of nitrogens with one attached hydrogen (secondary N) is 2. The molecule has 1 saturated heterocycles. The Hall–Kier alpha value is -1.50. The number of hydrogen-bond acceptors (Lipinski definition) is 5. The van der Waals surface area contributed by atoms with E-state index in [4.69, 9.17) is 0 Å². The van der Waals surface area contributed by atoms with Crippen LogP contribution in [0.15, 0.2) is 41.9 Å². The molecule has 4 saturated carbocycles. The molecule has 0 aromatic heterocycles. The van der Waals surface area contributed by atoms with E-state index in [0.29, 0.717) is 28.2 Å². The van der Waals surface area contributed by atoms with Gasteiger partial charge in [0.15, 0.2) is 0 Å². The molecule has 2 unspecified atom stereocenters. The SMILES string of the molecule is CCC1(C2(C3(CC(O)N4CCC[C@H]4[C@@]4([C@@H](C)C(=O)N[C@@H](Cc5ccccc5)C5NC=CS5)C[C@@H]4C)CC3)CC2)CC1. The summed E-state index contributed by atoms with van der Waals surface area (Å²) in [5, 5.41) is 21.1. The quantitative estimate of drug-likeness (QED) is 0.252. The summed E-state index contributed by atoms with van der Waals surface area (Å²) < 4.78 is 0. The lowest BCUT2D eigenvalue weighted by molar-refractivity contribution is -0.130. The van der Waals surface area contributed by atoms with Gasteiger partial charge in [-0.15, -0.1) is 11.8 Å². The van der Waals surface area contributed by atoms with Crippen LogP contribution in [0.5, 0.6) is 0 Å². The molecule has 2 aliphatic heterocycles. The Bertz CT molecular complexity index is 1150. The third-order valence-corrected chi connectivity index (χ3v) is 14.2. The van der Waals surface area contributed by atoms with E-state index in [1.54, 1.807) is 11.8 Å². The minimum Gasteiger partial charge on any atom is -0.378 e. The predicted octanol–water partition coefficient (Wildman–Crippen LogP) is 6.43. The lowest BCUT2D eigenvalue weighted by Gasteiger charge is -2.42. The molecule has 1 aromatic rings. The molecular formula is C35H51N3O2S. The van der Waals surface area contributed by atoms with Crippen LogP contribution in [0.4, 0.5) is 0 Å². The summed E-state index contributed by atoms with van der Waals surface area (Å²) in [6.45, 7) is 7.89. The highest BCUT2D eigenvalue weighted by atomic mass is 32.2. The number of aliphatic hydroxyl groups is 1. The second-order valence-corrected chi connectivity index (χ2v) is 15.9. The molecular weight excluding hydrogens is 526 g/mol. The first-order chi connectivity index (χ1) is 19.8. The van der Waals surface area contributed by atoms with Gasteiger partial charge >= 0.3 is 0 Å². The minimum absolute atomic E-state index is 0.0153. The van der Waals surface area contributed by atoms with Crippen molar-refractivity contribution < 1.29 is 9.90 Å². The average molecular weight is 578 g/mol. The number of likely N-dealkylation sites (tertiary alicyclic amines) is 1. The van der Waals surface area contributed by atoms with Crippen molar-refractivity contribution in [3.63, 3.8) is 0 Å². The Kier molecular flexibility index (Phi) is 7.10. The molecule has 4 aliphatic carbocycles. The third-order valence-electron chi connectivity index (χ3n) is 13.2. The first-order valence-corrected chi connectivity index (χ1v) is 17.6. The third kappa shape index (κ3) is 4.61. The molecule has 0 bridgehead atoms. The summed E-state index contributed by atoms with van der Waals surface area (Å²) in [6.07, 6.45) is 16.3. The van der Waals surface area contributed by atoms with E-state index in [1.165, 1.54) is 50.5 Å². The fourth-order valence-corrected chi connectivity index (χ4v) is 11.1. The smallest absolute Gasteiger partial charge is 0.223 e. The summed E-state index contributed by atoms with van der Waals surface area (Å²) in [4.78, 5) is 16.5. The van der Waals surface area contributed by atoms with Gasteiger partial charge < -0.3 is 15.7 Å². The number of carbonyl (C=O) groups excluding carboxylic acids is 1. The lowest BCUT2D eigenvalue weighted by Crippen LogP contribution is -2.53. The summed E-state index contributed by atoms with van der Waals surface area (Å²) in [5.74, 6) is 0.612. The number of benzene rings is 1. The second kappa shape index (κ2) is 10.3. The van der Waals surface area contributed by atoms with Crippen LogP contribution >= 0.6 is 11.8 Å². The minimum atomic E-state index is -0.369. The molecule has 7 atom stereocenters. The van der Waals surface area contributed by atoms with Crippen LogP contribution in [0, 0.1) is 33.5 Å². The van der Waals surface area contributed by atoms with Gasteiger partial charge in [0.2, 0.25) is 5.91 Å². The van der Waals surface area contributed by atoms with Crippen molar-refractivity contribution in [1.82, 2.24) is 15.5 Å². The highest BCUT2D eigenvalue weighted by Crippen LogP contribution is 2.84. The van der Waals surface area contributed by atoms with Crippen molar-refractivity contribution in [2.75, 3.05) is 6.54 Å². The van der Waals surface area contributed by atoms with E-state index in [1.807, 2.05) is 12.3 Å². The normalized spacial score (nSPS) is 35.8. The van der Waals surface area contributed by atoms with Crippen LogP contribution < -0.4 is 10.6 Å². The largest absolute Gasteiger partial charge is 0.378 e. The van der Waals surface area contributed by atoms with Crippen LogP contribution in [0.3, 0.4) is 0 Å². The van der Waals surface area contributed by atoms with Gasteiger partial charge in [-0.3, -0.25) is 9.69 Å². The van der Waals surface area contributed by atoms with Crippen molar-refractivity contribution in [3.05, 3.63) is 47.5 Å². The first kappa shape index (κ1) is 28.3. The Morgan fingerprint density at radius 2 is 1.85 bits per heavy atom. The van der Waals surface area contributed by atoms with Gasteiger partial charge in [0.25, 0.3) is 0 Å². The van der Waals surface area contributed by atoms with Gasteiger partial charge in [0, 0.05) is 30.1 Å². The van der Waals surface area contributed by atoms with E-state index >= 15 is 0 Å².